The summed E-state index contributed by atoms with van der Waals surface area (Å²) < 4.78 is 0. The fourth-order valence-electron chi connectivity index (χ4n) is 1.70. The maximum atomic E-state index is 10.6. The van der Waals surface area contributed by atoms with Crippen molar-refractivity contribution in [3.05, 3.63) is 29.3 Å². The molecule has 0 bridgehead atoms. The van der Waals surface area contributed by atoms with Crippen LogP contribution in [0.1, 0.15) is 25.0 Å². The predicted molar refractivity (Wildman–Crippen MR) is 93.6 cm³/mol. The topological polar surface area (TPSA) is 45.0 Å². The molecule has 0 aromatic heterocycles. The number of hydrogen-bond donors (Lipinski definition) is 0. The molecule has 0 saturated carbocycles. The maximum Gasteiger partial charge on any atom is 0.190 e. The molecule has 0 heterocycles. The number of aldehydes is 1. The van der Waals surface area contributed by atoms with Gasteiger partial charge < -0.3 is 9.69 Å². The molecule has 0 unspecified atom stereocenters. The minimum atomic E-state index is 0.345. The van der Waals surface area contributed by atoms with E-state index in [4.69, 9.17) is 0 Å². The van der Waals surface area contributed by atoms with Crippen molar-refractivity contribution in [1.29, 1.82) is 0 Å². The molecule has 0 saturated heterocycles. The van der Waals surface area contributed by atoms with E-state index in [1.54, 1.807) is 6.21 Å². The van der Waals surface area contributed by atoms with Crippen molar-refractivity contribution in [2.24, 2.45) is 16.1 Å². The highest BCUT2D eigenvalue weighted by atomic mass is 32.2. The lowest BCUT2D eigenvalue weighted by Crippen LogP contribution is -2.24. The van der Waals surface area contributed by atoms with Gasteiger partial charge in [0.25, 0.3) is 0 Å². The molecule has 0 amide bonds. The van der Waals surface area contributed by atoms with E-state index in [1.165, 1.54) is 17.3 Å². The van der Waals surface area contributed by atoms with Crippen LogP contribution in [0.2, 0.25) is 0 Å². The van der Waals surface area contributed by atoms with Crippen molar-refractivity contribution in [3.8, 4) is 0 Å². The molecule has 114 valence electrons. The lowest BCUT2D eigenvalue weighted by Gasteiger charge is -2.22. The van der Waals surface area contributed by atoms with Crippen LogP contribution in [0.5, 0.6) is 0 Å². The van der Waals surface area contributed by atoms with Gasteiger partial charge in [-0.25, -0.2) is 0 Å². The van der Waals surface area contributed by atoms with Crippen LogP contribution < -0.4 is 4.90 Å². The van der Waals surface area contributed by atoms with Gasteiger partial charge >= 0.3 is 0 Å². The first-order valence-electron chi connectivity index (χ1n) is 6.94. The molecule has 1 rings (SSSR count). The van der Waals surface area contributed by atoms with Gasteiger partial charge in [-0.2, -0.15) is 5.10 Å². The molecule has 21 heavy (non-hydrogen) atoms. The number of amidine groups is 1. The Kier molecular flexibility index (Phi) is 7.15. The fourth-order valence-corrected chi connectivity index (χ4v) is 2.32. The largest absolute Gasteiger partial charge is 0.322 e. The van der Waals surface area contributed by atoms with Gasteiger partial charge in [0.05, 0.1) is 5.75 Å². The third-order valence-electron chi connectivity index (χ3n) is 2.80. The van der Waals surface area contributed by atoms with E-state index < -0.39 is 0 Å². The fraction of sp³-hybridized carbons (Fsp3) is 0.438. The van der Waals surface area contributed by atoms with Gasteiger partial charge in [-0.15, -0.1) is 5.10 Å². The highest BCUT2D eigenvalue weighted by Gasteiger charge is 2.12. The van der Waals surface area contributed by atoms with Crippen molar-refractivity contribution >= 4 is 35.1 Å². The average Bonchev–Trinajstić information content (AvgIpc) is 2.44. The normalized spacial score (nSPS) is 12.2. The maximum absolute atomic E-state index is 10.6. The van der Waals surface area contributed by atoms with E-state index >= 15 is 0 Å². The Morgan fingerprint density at radius 3 is 2.71 bits per heavy atom. The summed E-state index contributed by atoms with van der Waals surface area (Å²) in [6, 6.07) is 6.28. The van der Waals surface area contributed by atoms with Gasteiger partial charge in [-0.3, -0.25) is 0 Å². The first-order chi connectivity index (χ1) is 9.95. The van der Waals surface area contributed by atoms with Crippen LogP contribution in [0.15, 0.2) is 28.4 Å². The molecule has 0 aliphatic heterocycles. The lowest BCUT2D eigenvalue weighted by molar-refractivity contribution is -0.105. The summed E-state index contributed by atoms with van der Waals surface area (Å²) in [5.74, 6) is 0.711. The van der Waals surface area contributed by atoms with E-state index in [0.717, 1.165) is 17.5 Å². The summed E-state index contributed by atoms with van der Waals surface area (Å²) in [4.78, 5) is 12.6. The molecule has 1 aromatic carbocycles. The molecular weight excluding hydrogens is 282 g/mol. The number of carbonyl (C=O) groups excluding carboxylic acids is 1. The van der Waals surface area contributed by atoms with Crippen molar-refractivity contribution in [2.75, 3.05) is 17.7 Å². The van der Waals surface area contributed by atoms with Gasteiger partial charge in [-0.05, 0) is 37.0 Å². The van der Waals surface area contributed by atoms with Crippen LogP contribution in [0, 0.1) is 19.8 Å². The highest BCUT2D eigenvalue weighted by molar-refractivity contribution is 8.14. The molecule has 0 atom stereocenters. The van der Waals surface area contributed by atoms with Crippen LogP contribution in [-0.2, 0) is 4.79 Å². The van der Waals surface area contributed by atoms with Gasteiger partial charge in [0.1, 0.15) is 6.29 Å². The minimum absolute atomic E-state index is 0.345. The summed E-state index contributed by atoms with van der Waals surface area (Å²) in [5, 5.41) is 9.09. The molecule has 5 heteroatoms. The molecule has 0 aliphatic rings. The Morgan fingerprint density at radius 2 is 2.10 bits per heavy atom. The number of thioether (sulfide) groups is 1. The van der Waals surface area contributed by atoms with Gasteiger partial charge in [-0.1, -0.05) is 37.7 Å². The molecule has 0 fully saturated rings. The van der Waals surface area contributed by atoms with Gasteiger partial charge in [0.15, 0.2) is 5.17 Å². The zero-order valence-electron chi connectivity index (χ0n) is 13.3. The molecule has 1 aromatic rings. The second-order valence-electron chi connectivity index (χ2n) is 5.22. The number of rotatable bonds is 5. The van der Waals surface area contributed by atoms with Crippen LogP contribution in [-0.4, -0.2) is 30.5 Å². The number of nitrogens with zero attached hydrogens (tertiary/aromatic N) is 3. The van der Waals surface area contributed by atoms with Gasteiger partial charge in [0, 0.05) is 18.9 Å². The smallest absolute Gasteiger partial charge is 0.190 e. The number of carbonyl (C=O) groups is 1. The van der Waals surface area contributed by atoms with Crippen molar-refractivity contribution in [3.63, 3.8) is 0 Å². The Labute approximate surface area is 131 Å². The monoisotopic (exact) mass is 305 g/mol. The molecule has 0 spiro atoms. The van der Waals surface area contributed by atoms with E-state index in [2.05, 4.69) is 42.2 Å². The van der Waals surface area contributed by atoms with Crippen molar-refractivity contribution < 1.29 is 4.79 Å². The Hall–Kier alpha value is -1.62. The second kappa shape index (κ2) is 8.62. The summed E-state index contributed by atoms with van der Waals surface area (Å²) in [7, 11) is 1.95. The summed E-state index contributed by atoms with van der Waals surface area (Å²) >= 11 is 1.38. The number of aryl methyl sites for hydroxylation is 2. The van der Waals surface area contributed by atoms with Crippen LogP contribution in [0.3, 0.4) is 0 Å². The zero-order chi connectivity index (χ0) is 15.8. The summed E-state index contributed by atoms with van der Waals surface area (Å²) in [6.45, 7) is 8.21. The first kappa shape index (κ1) is 17.4. The number of hydrogen-bond acceptors (Lipinski definition) is 4. The van der Waals surface area contributed by atoms with E-state index in [0.29, 0.717) is 16.8 Å². The van der Waals surface area contributed by atoms with Crippen LogP contribution in [0.25, 0.3) is 0 Å². The van der Waals surface area contributed by atoms with E-state index in [1.807, 2.05) is 25.8 Å². The average molecular weight is 305 g/mol. The zero-order valence-corrected chi connectivity index (χ0v) is 14.1. The highest BCUT2D eigenvalue weighted by Crippen LogP contribution is 2.23. The number of benzene rings is 1. The summed E-state index contributed by atoms with van der Waals surface area (Å²) in [5.41, 5.74) is 3.43. The molecule has 0 aliphatic carbocycles. The standard InChI is InChI=1S/C16H23N3OS/c1-12(2)11-17-18-16(21-9-8-20)19(5)15-10-13(3)6-7-14(15)4/h6-8,10-12H,9H2,1-5H3/b17-11+,18-16-. The lowest BCUT2D eigenvalue weighted by atomic mass is 10.1. The van der Waals surface area contributed by atoms with Crippen LogP contribution in [0.4, 0.5) is 5.69 Å². The molecule has 0 radical (unpaired) electrons. The Bertz CT molecular complexity index is 538. The summed E-state index contributed by atoms with van der Waals surface area (Å²) in [6.07, 6.45) is 2.67. The quantitative estimate of drug-likeness (QED) is 0.361. The number of anilines is 1. The SMILES string of the molecule is Cc1ccc(C)c(N(C)/C(=N/N=C/C(C)C)SCC=O)c1. The van der Waals surface area contributed by atoms with E-state index in [9.17, 15) is 4.79 Å². The third kappa shape index (κ3) is 5.71. The second-order valence-corrected chi connectivity index (χ2v) is 6.20. The van der Waals surface area contributed by atoms with Crippen molar-refractivity contribution in [1.82, 2.24) is 0 Å². The third-order valence-corrected chi connectivity index (χ3v) is 3.72. The first-order valence-corrected chi connectivity index (χ1v) is 7.92. The Balaban J connectivity index is 3.06. The van der Waals surface area contributed by atoms with Crippen LogP contribution >= 0.6 is 11.8 Å². The molecular formula is C16H23N3OS. The van der Waals surface area contributed by atoms with Gasteiger partial charge in [0.2, 0.25) is 0 Å². The molecule has 0 N–H and O–H groups in total. The minimum Gasteiger partial charge on any atom is -0.322 e. The molecule has 4 nitrogen and oxygen atoms in total. The van der Waals surface area contributed by atoms with Crippen molar-refractivity contribution in [2.45, 2.75) is 27.7 Å². The Morgan fingerprint density at radius 1 is 1.38 bits per heavy atom. The van der Waals surface area contributed by atoms with E-state index in [-0.39, 0.29) is 0 Å². The predicted octanol–water partition coefficient (Wildman–Crippen LogP) is 3.67.